The van der Waals surface area contributed by atoms with E-state index in [0.717, 1.165) is 44.7 Å². The van der Waals surface area contributed by atoms with E-state index in [0.29, 0.717) is 11.6 Å². The molecule has 1 saturated heterocycles. The van der Waals surface area contributed by atoms with Gasteiger partial charge in [-0.1, -0.05) is 37.5 Å². The predicted molar refractivity (Wildman–Crippen MR) is 105 cm³/mol. The Labute approximate surface area is 155 Å². The minimum absolute atomic E-state index is 0.170. The maximum atomic E-state index is 12.4. The Bertz CT molecular complexity index is 657. The van der Waals surface area contributed by atoms with Crippen molar-refractivity contribution in [1.29, 1.82) is 0 Å². The number of phenolic OH excluding ortho intramolecular Hbond substituents is 1. The van der Waals surface area contributed by atoms with Crippen LogP contribution in [0, 0.1) is 0 Å². The molecule has 0 radical (unpaired) electrons. The first kappa shape index (κ1) is 18.5. The average molecular weight is 355 g/mol. The molecule has 2 N–H and O–H groups in total. The number of rotatable bonds is 3. The van der Waals surface area contributed by atoms with Gasteiger partial charge in [-0.05, 0) is 44.2 Å². The topological polar surface area (TPSA) is 64.9 Å². The van der Waals surface area contributed by atoms with Gasteiger partial charge in [0.05, 0.1) is 6.04 Å². The van der Waals surface area contributed by atoms with Gasteiger partial charge in [0, 0.05) is 24.7 Å². The lowest BCUT2D eigenvalue weighted by Crippen LogP contribution is -2.46. The molecule has 140 valence electrons. The van der Waals surface area contributed by atoms with Crippen molar-refractivity contribution < 1.29 is 9.90 Å². The van der Waals surface area contributed by atoms with Crippen molar-refractivity contribution in [1.82, 2.24) is 10.2 Å². The second-order valence-corrected chi connectivity index (χ2v) is 7.17. The van der Waals surface area contributed by atoms with Gasteiger partial charge in [0.2, 0.25) is 5.96 Å². The second-order valence-electron chi connectivity index (χ2n) is 7.17. The van der Waals surface area contributed by atoms with Crippen LogP contribution in [0.1, 0.15) is 56.9 Å². The van der Waals surface area contributed by atoms with E-state index < -0.39 is 0 Å². The minimum Gasteiger partial charge on any atom is -0.507 e. The summed E-state index contributed by atoms with van der Waals surface area (Å²) < 4.78 is 0. The van der Waals surface area contributed by atoms with Gasteiger partial charge < -0.3 is 10.0 Å². The van der Waals surface area contributed by atoms with Crippen molar-refractivity contribution in [3.63, 3.8) is 0 Å². The van der Waals surface area contributed by atoms with E-state index in [4.69, 9.17) is 4.99 Å². The van der Waals surface area contributed by atoms with Crippen LogP contribution in [0.2, 0.25) is 0 Å². The van der Waals surface area contributed by atoms with Crippen LogP contribution < -0.4 is 5.32 Å². The summed E-state index contributed by atoms with van der Waals surface area (Å²) in [6.07, 6.45) is 12.6. The molecule has 5 heteroatoms. The number of carbonyl (C=O) groups excluding carboxylic acids is 1. The average Bonchev–Trinajstić information content (AvgIpc) is 2.68. The fourth-order valence-corrected chi connectivity index (χ4v) is 3.63. The van der Waals surface area contributed by atoms with Crippen molar-refractivity contribution in [2.24, 2.45) is 4.99 Å². The Morgan fingerprint density at radius 2 is 1.77 bits per heavy atom. The quantitative estimate of drug-likeness (QED) is 0.494. The Balaban J connectivity index is 1.68. The molecule has 0 unspecified atom stereocenters. The molecule has 2 aliphatic rings. The van der Waals surface area contributed by atoms with Crippen LogP contribution in [-0.4, -0.2) is 41.0 Å². The number of carbonyl (C=O) groups is 1. The number of para-hydroxylation sites is 1. The molecule has 1 heterocycles. The van der Waals surface area contributed by atoms with Crippen LogP contribution in [0.4, 0.5) is 0 Å². The van der Waals surface area contributed by atoms with Gasteiger partial charge in [-0.3, -0.25) is 10.1 Å². The number of likely N-dealkylation sites (tertiary alicyclic amines) is 1. The number of nitrogens with one attached hydrogen (secondary N) is 1. The lowest BCUT2D eigenvalue weighted by Gasteiger charge is -2.31. The number of guanidine groups is 1. The molecule has 0 bridgehead atoms. The number of hydrogen-bond acceptors (Lipinski definition) is 3. The van der Waals surface area contributed by atoms with Crippen molar-refractivity contribution in [3.05, 3.63) is 35.9 Å². The summed E-state index contributed by atoms with van der Waals surface area (Å²) in [5.74, 6) is 0.695. The summed E-state index contributed by atoms with van der Waals surface area (Å²) in [7, 11) is 0. The number of aromatic hydroxyl groups is 1. The summed E-state index contributed by atoms with van der Waals surface area (Å²) in [6, 6.07) is 7.31. The summed E-state index contributed by atoms with van der Waals surface area (Å²) in [4.78, 5) is 19.5. The number of hydrogen-bond donors (Lipinski definition) is 2. The largest absolute Gasteiger partial charge is 0.507 e. The molecule has 1 aliphatic heterocycles. The highest BCUT2D eigenvalue weighted by atomic mass is 16.3. The lowest BCUT2D eigenvalue weighted by molar-refractivity contribution is -0.115. The SMILES string of the molecule is O=C(C=Cc1ccccc1O)N/C(=N\C1CCCCC1)N1CCCCC1. The van der Waals surface area contributed by atoms with Crippen LogP contribution in [0.5, 0.6) is 5.75 Å². The maximum Gasteiger partial charge on any atom is 0.250 e. The molecule has 1 aromatic rings. The first-order valence-corrected chi connectivity index (χ1v) is 9.82. The molecule has 1 saturated carbocycles. The van der Waals surface area contributed by atoms with E-state index in [-0.39, 0.29) is 11.7 Å². The smallest absolute Gasteiger partial charge is 0.250 e. The fourth-order valence-electron chi connectivity index (χ4n) is 3.63. The predicted octanol–water partition coefficient (Wildman–Crippen LogP) is 3.70. The van der Waals surface area contributed by atoms with Crippen molar-refractivity contribution in [2.75, 3.05) is 13.1 Å². The highest BCUT2D eigenvalue weighted by molar-refractivity contribution is 6.04. The van der Waals surface area contributed by atoms with Crippen LogP contribution in [0.15, 0.2) is 35.3 Å². The molecule has 1 aliphatic carbocycles. The third kappa shape index (κ3) is 5.35. The Kier molecular flexibility index (Phi) is 6.69. The molecule has 1 amide bonds. The zero-order chi connectivity index (χ0) is 18.2. The van der Waals surface area contributed by atoms with Gasteiger partial charge in [0.15, 0.2) is 0 Å². The zero-order valence-corrected chi connectivity index (χ0v) is 15.4. The van der Waals surface area contributed by atoms with Gasteiger partial charge in [-0.15, -0.1) is 0 Å². The monoisotopic (exact) mass is 355 g/mol. The zero-order valence-electron chi connectivity index (χ0n) is 15.4. The van der Waals surface area contributed by atoms with Crippen LogP contribution in [0.25, 0.3) is 6.08 Å². The molecule has 3 rings (SSSR count). The highest BCUT2D eigenvalue weighted by Crippen LogP contribution is 2.21. The minimum atomic E-state index is -0.201. The van der Waals surface area contributed by atoms with Gasteiger partial charge in [-0.25, -0.2) is 4.99 Å². The van der Waals surface area contributed by atoms with Gasteiger partial charge >= 0.3 is 0 Å². The molecule has 0 spiro atoms. The van der Waals surface area contributed by atoms with Crippen LogP contribution in [-0.2, 0) is 4.79 Å². The number of aliphatic imine (C=N–C) groups is 1. The van der Waals surface area contributed by atoms with Crippen LogP contribution in [0.3, 0.4) is 0 Å². The molecule has 26 heavy (non-hydrogen) atoms. The van der Waals surface area contributed by atoms with E-state index in [2.05, 4.69) is 10.2 Å². The summed E-state index contributed by atoms with van der Waals surface area (Å²) in [5.41, 5.74) is 0.631. The number of phenols is 1. The summed E-state index contributed by atoms with van der Waals surface area (Å²) in [5, 5.41) is 12.8. The molecule has 0 atom stereocenters. The highest BCUT2D eigenvalue weighted by Gasteiger charge is 2.19. The van der Waals surface area contributed by atoms with E-state index in [9.17, 15) is 9.90 Å². The normalized spacial score (nSPS) is 19.7. The Morgan fingerprint density at radius 1 is 1.08 bits per heavy atom. The molecular weight excluding hydrogens is 326 g/mol. The molecule has 0 aromatic heterocycles. The maximum absolute atomic E-state index is 12.4. The molecule has 2 fully saturated rings. The first-order valence-electron chi connectivity index (χ1n) is 9.82. The lowest BCUT2D eigenvalue weighted by atomic mass is 9.96. The molecular formula is C21H29N3O2. The van der Waals surface area contributed by atoms with Crippen LogP contribution >= 0.6 is 0 Å². The van der Waals surface area contributed by atoms with Gasteiger partial charge in [0.25, 0.3) is 5.91 Å². The second kappa shape index (κ2) is 9.41. The molecule has 5 nitrogen and oxygen atoms in total. The van der Waals surface area contributed by atoms with Gasteiger partial charge in [-0.2, -0.15) is 0 Å². The Hall–Kier alpha value is -2.30. The number of amides is 1. The Morgan fingerprint density at radius 3 is 2.50 bits per heavy atom. The summed E-state index contributed by atoms with van der Waals surface area (Å²) >= 11 is 0. The summed E-state index contributed by atoms with van der Waals surface area (Å²) in [6.45, 7) is 1.91. The first-order chi connectivity index (χ1) is 12.7. The van der Waals surface area contributed by atoms with Crippen molar-refractivity contribution in [3.8, 4) is 5.75 Å². The number of piperidine rings is 1. The van der Waals surface area contributed by atoms with E-state index in [1.165, 1.54) is 31.8 Å². The molecule has 1 aromatic carbocycles. The van der Waals surface area contributed by atoms with E-state index in [1.807, 2.05) is 6.07 Å². The standard InChI is InChI=1S/C21H29N3O2/c25-19-12-6-5-9-17(19)13-14-20(26)23-21(24-15-7-2-8-16-24)22-18-10-3-1-4-11-18/h5-6,9,12-14,18,25H,1-4,7-8,10-11,15-16H2,(H,22,23,26). The van der Waals surface area contributed by atoms with Gasteiger partial charge in [0.1, 0.15) is 5.75 Å². The number of nitrogens with zero attached hydrogens (tertiary/aromatic N) is 2. The third-order valence-electron chi connectivity index (χ3n) is 5.12. The van der Waals surface area contributed by atoms with Crippen molar-refractivity contribution in [2.45, 2.75) is 57.4 Å². The third-order valence-corrected chi connectivity index (χ3v) is 5.12. The number of benzene rings is 1. The fraction of sp³-hybridized carbons (Fsp3) is 0.524. The van der Waals surface area contributed by atoms with E-state index >= 15 is 0 Å². The van der Waals surface area contributed by atoms with E-state index in [1.54, 1.807) is 24.3 Å². The van der Waals surface area contributed by atoms with Crippen molar-refractivity contribution >= 4 is 17.9 Å².